The predicted octanol–water partition coefficient (Wildman–Crippen LogP) is 3.27. The first-order valence-corrected chi connectivity index (χ1v) is 8.17. The van der Waals surface area contributed by atoms with E-state index in [1.807, 2.05) is 13.8 Å². The molecule has 1 fully saturated rings. The molecule has 1 amide bonds. The molecule has 1 saturated carbocycles. The highest BCUT2D eigenvalue weighted by molar-refractivity contribution is 5.85. The zero-order valence-corrected chi connectivity index (χ0v) is 13.2. The fraction of sp³-hybridized carbons (Fsp3) is 0.765. The van der Waals surface area contributed by atoms with E-state index in [0.717, 1.165) is 31.3 Å². The largest absolute Gasteiger partial charge is 0.481 e. The minimum absolute atomic E-state index is 0.0545. The van der Waals surface area contributed by atoms with Gasteiger partial charge in [0.25, 0.3) is 0 Å². The van der Waals surface area contributed by atoms with Crippen molar-refractivity contribution in [3.05, 3.63) is 11.1 Å². The summed E-state index contributed by atoms with van der Waals surface area (Å²) in [7, 11) is 0. The first kappa shape index (κ1) is 16.1. The van der Waals surface area contributed by atoms with Crippen LogP contribution in [0, 0.1) is 11.8 Å². The van der Waals surface area contributed by atoms with Crippen LogP contribution in [0.15, 0.2) is 11.1 Å². The quantitative estimate of drug-likeness (QED) is 0.620. The summed E-state index contributed by atoms with van der Waals surface area (Å²) in [6.07, 6.45) is 7.97. The molecule has 0 aromatic carbocycles. The smallest absolute Gasteiger partial charge is 0.307 e. The Morgan fingerprint density at radius 2 is 1.48 bits per heavy atom. The maximum absolute atomic E-state index is 12.5. The summed E-state index contributed by atoms with van der Waals surface area (Å²) in [5.41, 5.74) is 2.30. The van der Waals surface area contributed by atoms with Crippen LogP contribution in [0.25, 0.3) is 0 Å². The van der Waals surface area contributed by atoms with Gasteiger partial charge >= 0.3 is 5.97 Å². The Bertz CT molecular complexity index is 433. The summed E-state index contributed by atoms with van der Waals surface area (Å²) in [4.78, 5) is 24.0. The summed E-state index contributed by atoms with van der Waals surface area (Å²) in [6.45, 7) is 3.99. The molecule has 0 spiro atoms. The molecule has 0 unspecified atom stereocenters. The molecule has 0 aliphatic heterocycles. The van der Waals surface area contributed by atoms with Crippen LogP contribution in [-0.2, 0) is 9.59 Å². The second-order valence-corrected chi connectivity index (χ2v) is 6.72. The number of rotatable bonds is 3. The lowest BCUT2D eigenvalue weighted by atomic mass is 9.76. The van der Waals surface area contributed by atoms with Gasteiger partial charge in [-0.3, -0.25) is 9.59 Å². The highest BCUT2D eigenvalue weighted by atomic mass is 16.4. The van der Waals surface area contributed by atoms with Crippen LogP contribution in [0.1, 0.15) is 65.2 Å². The second kappa shape index (κ2) is 7.10. The van der Waals surface area contributed by atoms with Crippen molar-refractivity contribution in [3.63, 3.8) is 0 Å². The molecule has 2 aliphatic carbocycles. The van der Waals surface area contributed by atoms with Gasteiger partial charge in [-0.05, 0) is 39.5 Å². The number of carboxylic acid groups (broad SMARTS) is 1. The molecule has 4 nitrogen and oxygen atoms in total. The van der Waals surface area contributed by atoms with E-state index < -0.39 is 17.8 Å². The Balaban J connectivity index is 2.03. The van der Waals surface area contributed by atoms with Crippen LogP contribution in [0.2, 0.25) is 0 Å². The van der Waals surface area contributed by atoms with E-state index in [-0.39, 0.29) is 11.9 Å². The number of amides is 1. The van der Waals surface area contributed by atoms with Gasteiger partial charge in [-0.15, -0.1) is 0 Å². The van der Waals surface area contributed by atoms with Crippen molar-refractivity contribution in [2.24, 2.45) is 11.8 Å². The van der Waals surface area contributed by atoms with Gasteiger partial charge in [-0.2, -0.15) is 0 Å². The summed E-state index contributed by atoms with van der Waals surface area (Å²) >= 11 is 0. The molecular weight excluding hydrogens is 266 g/mol. The molecule has 0 aromatic heterocycles. The topological polar surface area (TPSA) is 66.4 Å². The van der Waals surface area contributed by atoms with Crippen LogP contribution in [-0.4, -0.2) is 23.0 Å². The molecule has 2 N–H and O–H groups in total. The second-order valence-electron chi connectivity index (χ2n) is 6.72. The van der Waals surface area contributed by atoms with E-state index in [1.165, 1.54) is 18.4 Å². The molecule has 2 aliphatic rings. The minimum atomic E-state index is -0.845. The summed E-state index contributed by atoms with van der Waals surface area (Å²) < 4.78 is 0. The Hall–Kier alpha value is -1.32. The van der Waals surface area contributed by atoms with E-state index in [0.29, 0.717) is 12.8 Å². The van der Waals surface area contributed by atoms with Crippen molar-refractivity contribution in [1.29, 1.82) is 0 Å². The zero-order chi connectivity index (χ0) is 15.4. The predicted molar refractivity (Wildman–Crippen MR) is 81.9 cm³/mol. The average molecular weight is 293 g/mol. The van der Waals surface area contributed by atoms with Crippen molar-refractivity contribution in [2.75, 3.05) is 0 Å². The van der Waals surface area contributed by atoms with E-state index in [4.69, 9.17) is 0 Å². The molecule has 21 heavy (non-hydrogen) atoms. The molecule has 0 heterocycles. The molecule has 0 saturated heterocycles. The number of nitrogens with one attached hydrogen (secondary N) is 1. The number of aliphatic carboxylic acids is 1. The Morgan fingerprint density at radius 3 is 2.00 bits per heavy atom. The molecule has 0 radical (unpaired) electrons. The van der Waals surface area contributed by atoms with Gasteiger partial charge in [0.15, 0.2) is 0 Å². The normalized spacial score (nSPS) is 28.1. The lowest BCUT2D eigenvalue weighted by molar-refractivity contribution is -0.147. The molecule has 2 rings (SSSR count). The average Bonchev–Trinajstić information content (AvgIpc) is 2.69. The number of carboxylic acids is 1. The SMILES string of the molecule is CC1=C(C)C[C@@H](C(=O)NC2CCCCCC2)[C@@H](C(=O)O)C1. The van der Waals surface area contributed by atoms with Crippen LogP contribution in [0.4, 0.5) is 0 Å². The number of hydrogen-bond acceptors (Lipinski definition) is 2. The van der Waals surface area contributed by atoms with Gasteiger partial charge in [0.1, 0.15) is 0 Å². The van der Waals surface area contributed by atoms with Crippen molar-refractivity contribution in [1.82, 2.24) is 5.32 Å². The van der Waals surface area contributed by atoms with E-state index in [1.54, 1.807) is 0 Å². The Kier molecular flexibility index (Phi) is 5.43. The van der Waals surface area contributed by atoms with Crippen LogP contribution < -0.4 is 5.32 Å². The molecule has 4 heteroatoms. The lowest BCUT2D eigenvalue weighted by Gasteiger charge is -2.31. The maximum Gasteiger partial charge on any atom is 0.307 e. The van der Waals surface area contributed by atoms with Crippen molar-refractivity contribution < 1.29 is 14.7 Å². The Labute approximate surface area is 127 Å². The molecular formula is C17H27NO3. The number of carbonyl (C=O) groups is 2. The van der Waals surface area contributed by atoms with E-state index >= 15 is 0 Å². The third kappa shape index (κ3) is 4.08. The van der Waals surface area contributed by atoms with Crippen molar-refractivity contribution in [2.45, 2.75) is 71.3 Å². The number of hydrogen-bond donors (Lipinski definition) is 2. The Morgan fingerprint density at radius 1 is 0.952 bits per heavy atom. The third-order valence-electron chi connectivity index (χ3n) is 5.12. The van der Waals surface area contributed by atoms with Gasteiger partial charge in [0.05, 0.1) is 11.8 Å². The van der Waals surface area contributed by atoms with Crippen molar-refractivity contribution in [3.8, 4) is 0 Å². The molecule has 0 bridgehead atoms. The van der Waals surface area contributed by atoms with Crippen LogP contribution >= 0.6 is 0 Å². The van der Waals surface area contributed by atoms with Crippen LogP contribution in [0.3, 0.4) is 0 Å². The summed E-state index contributed by atoms with van der Waals surface area (Å²) in [5.74, 6) is -1.88. The van der Waals surface area contributed by atoms with Gasteiger partial charge in [0, 0.05) is 6.04 Å². The summed E-state index contributed by atoms with van der Waals surface area (Å²) in [6, 6.07) is 0.238. The lowest BCUT2D eigenvalue weighted by Crippen LogP contribution is -2.44. The number of allylic oxidation sites excluding steroid dienone is 2. The monoisotopic (exact) mass is 293 g/mol. The van der Waals surface area contributed by atoms with Gasteiger partial charge in [-0.1, -0.05) is 36.8 Å². The van der Waals surface area contributed by atoms with Gasteiger partial charge in [0.2, 0.25) is 5.91 Å². The standard InChI is InChI=1S/C17H27NO3/c1-11-9-14(15(17(20)21)10-12(11)2)16(19)18-13-7-5-3-4-6-8-13/h13-15H,3-10H2,1-2H3,(H,18,19)(H,20,21)/t14-,15+/m1/s1. The van der Waals surface area contributed by atoms with E-state index in [2.05, 4.69) is 5.32 Å². The van der Waals surface area contributed by atoms with E-state index in [9.17, 15) is 14.7 Å². The highest BCUT2D eigenvalue weighted by Crippen LogP contribution is 2.34. The molecule has 0 aromatic rings. The molecule has 2 atom stereocenters. The zero-order valence-electron chi connectivity index (χ0n) is 13.2. The molecule has 118 valence electrons. The van der Waals surface area contributed by atoms with Gasteiger partial charge < -0.3 is 10.4 Å². The third-order valence-corrected chi connectivity index (χ3v) is 5.12. The minimum Gasteiger partial charge on any atom is -0.481 e. The fourth-order valence-electron chi connectivity index (χ4n) is 3.56. The number of carbonyl (C=O) groups excluding carboxylic acids is 1. The van der Waals surface area contributed by atoms with Gasteiger partial charge in [-0.25, -0.2) is 0 Å². The summed E-state index contributed by atoms with van der Waals surface area (Å²) in [5, 5.41) is 12.5. The maximum atomic E-state index is 12.5. The fourth-order valence-corrected chi connectivity index (χ4v) is 3.56. The first-order valence-electron chi connectivity index (χ1n) is 8.17. The van der Waals surface area contributed by atoms with Crippen molar-refractivity contribution >= 4 is 11.9 Å². The van der Waals surface area contributed by atoms with Crippen LogP contribution in [0.5, 0.6) is 0 Å². The first-order chi connectivity index (χ1) is 9.99. The highest BCUT2D eigenvalue weighted by Gasteiger charge is 2.37.